The first-order valence-corrected chi connectivity index (χ1v) is 6.21. The number of methoxy groups -OCH3 is 1. The summed E-state index contributed by atoms with van der Waals surface area (Å²) in [5, 5.41) is 9.04. The highest BCUT2D eigenvalue weighted by atomic mass is 19.4. The van der Waals surface area contributed by atoms with Gasteiger partial charge in [0, 0.05) is 6.54 Å². The van der Waals surface area contributed by atoms with Crippen LogP contribution in [-0.2, 0) is 15.7 Å². The number of hydrogen-bond donors (Lipinski definition) is 0. The molecule has 1 saturated heterocycles. The van der Waals surface area contributed by atoms with Gasteiger partial charge in [0.15, 0.2) is 0 Å². The summed E-state index contributed by atoms with van der Waals surface area (Å²) in [6, 6.07) is 2.92. The number of rotatable bonds is 2. The molecule has 1 aromatic rings. The molecule has 0 aliphatic carbocycles. The van der Waals surface area contributed by atoms with Crippen LogP contribution in [0.3, 0.4) is 0 Å². The molecule has 0 amide bonds. The zero-order chi connectivity index (χ0) is 15.6. The normalized spacial score (nSPS) is 18.4. The Labute approximate surface area is 118 Å². The Morgan fingerprint density at radius 3 is 2.81 bits per heavy atom. The van der Waals surface area contributed by atoms with Gasteiger partial charge < -0.3 is 9.64 Å². The first kappa shape index (κ1) is 15.1. The lowest BCUT2D eigenvalue weighted by atomic mass is 10.2. The summed E-state index contributed by atoms with van der Waals surface area (Å²) in [5.41, 5.74) is -1.09. The van der Waals surface area contributed by atoms with Crippen molar-refractivity contribution < 1.29 is 22.7 Å². The van der Waals surface area contributed by atoms with Crippen molar-refractivity contribution in [3.05, 3.63) is 23.4 Å². The third kappa shape index (κ3) is 2.91. The van der Waals surface area contributed by atoms with Gasteiger partial charge in [-0.15, -0.1) is 0 Å². The second kappa shape index (κ2) is 5.60. The van der Waals surface area contributed by atoms with Gasteiger partial charge in [-0.2, -0.15) is 18.4 Å². The second-order valence-electron chi connectivity index (χ2n) is 4.55. The van der Waals surface area contributed by atoms with Crippen molar-refractivity contribution in [1.29, 1.82) is 5.26 Å². The lowest BCUT2D eigenvalue weighted by molar-refractivity contribution is -0.142. The minimum Gasteiger partial charge on any atom is -0.467 e. The number of anilines is 1. The van der Waals surface area contributed by atoms with Gasteiger partial charge in [-0.25, -0.2) is 9.78 Å². The van der Waals surface area contributed by atoms with Crippen molar-refractivity contribution >= 4 is 11.8 Å². The molecule has 8 heteroatoms. The van der Waals surface area contributed by atoms with Crippen LogP contribution in [-0.4, -0.2) is 30.6 Å². The molecule has 0 saturated carbocycles. The van der Waals surface area contributed by atoms with E-state index in [9.17, 15) is 18.0 Å². The average molecular weight is 299 g/mol. The number of nitrogens with zero attached hydrogens (tertiary/aromatic N) is 3. The number of pyridine rings is 1. The maximum absolute atomic E-state index is 12.8. The number of nitriles is 1. The minimum atomic E-state index is -4.61. The molecule has 1 fully saturated rings. The average Bonchev–Trinajstić information content (AvgIpc) is 2.94. The fourth-order valence-corrected chi connectivity index (χ4v) is 2.31. The molecule has 21 heavy (non-hydrogen) atoms. The fourth-order valence-electron chi connectivity index (χ4n) is 2.31. The maximum atomic E-state index is 12.8. The van der Waals surface area contributed by atoms with Gasteiger partial charge in [-0.3, -0.25) is 0 Å². The zero-order valence-electron chi connectivity index (χ0n) is 11.1. The molecular weight excluding hydrogens is 287 g/mol. The van der Waals surface area contributed by atoms with Crippen LogP contribution in [0.2, 0.25) is 0 Å². The quantitative estimate of drug-likeness (QED) is 0.783. The predicted molar refractivity (Wildman–Crippen MR) is 66.3 cm³/mol. The van der Waals surface area contributed by atoms with E-state index in [1.807, 2.05) is 0 Å². The van der Waals surface area contributed by atoms with E-state index in [2.05, 4.69) is 9.72 Å². The smallest absolute Gasteiger partial charge is 0.433 e. The van der Waals surface area contributed by atoms with Gasteiger partial charge in [-0.05, 0) is 25.0 Å². The van der Waals surface area contributed by atoms with E-state index in [0.717, 1.165) is 12.1 Å². The van der Waals surface area contributed by atoms with Gasteiger partial charge in [0.2, 0.25) is 0 Å². The SMILES string of the molecule is COC(=O)C1CCCN1c1nc(C(F)(F)F)ccc1C#N. The Morgan fingerprint density at radius 2 is 2.24 bits per heavy atom. The van der Waals surface area contributed by atoms with E-state index in [1.165, 1.54) is 12.0 Å². The maximum Gasteiger partial charge on any atom is 0.433 e. The van der Waals surface area contributed by atoms with Gasteiger partial charge in [0.1, 0.15) is 23.6 Å². The first-order chi connectivity index (χ1) is 9.88. The predicted octanol–water partition coefficient (Wildman–Crippen LogP) is 2.11. The standard InChI is InChI=1S/C13H12F3N3O2/c1-21-12(20)9-3-2-6-19(9)11-8(7-17)4-5-10(18-11)13(14,15)16/h4-5,9H,2-3,6H2,1H3. The van der Waals surface area contributed by atoms with Crippen molar-refractivity contribution in [2.75, 3.05) is 18.6 Å². The van der Waals surface area contributed by atoms with Crippen LogP contribution in [0.4, 0.5) is 19.0 Å². The molecule has 2 rings (SSSR count). The molecule has 1 unspecified atom stereocenters. The molecule has 112 valence electrons. The van der Waals surface area contributed by atoms with Crippen molar-refractivity contribution in [3.63, 3.8) is 0 Å². The van der Waals surface area contributed by atoms with E-state index in [1.54, 1.807) is 6.07 Å². The number of aromatic nitrogens is 1. The van der Waals surface area contributed by atoms with Gasteiger partial charge in [-0.1, -0.05) is 0 Å². The van der Waals surface area contributed by atoms with Crippen LogP contribution < -0.4 is 4.90 Å². The molecule has 0 radical (unpaired) electrons. The number of carbonyl (C=O) groups is 1. The Bertz CT molecular complexity index is 595. The van der Waals surface area contributed by atoms with Crippen LogP contribution in [0.5, 0.6) is 0 Å². The summed E-state index contributed by atoms with van der Waals surface area (Å²) in [4.78, 5) is 16.6. The first-order valence-electron chi connectivity index (χ1n) is 6.21. The van der Waals surface area contributed by atoms with Crippen LogP contribution in [0, 0.1) is 11.3 Å². The summed E-state index contributed by atoms with van der Waals surface area (Å²) >= 11 is 0. The van der Waals surface area contributed by atoms with Gasteiger partial charge >= 0.3 is 12.1 Å². The molecule has 0 N–H and O–H groups in total. The summed E-state index contributed by atoms with van der Waals surface area (Å²) in [5.74, 6) is -0.671. The van der Waals surface area contributed by atoms with Gasteiger partial charge in [0.25, 0.3) is 0 Å². The molecule has 2 heterocycles. The molecule has 0 spiro atoms. The Kier molecular flexibility index (Phi) is 4.02. The molecule has 1 aliphatic rings. The third-order valence-electron chi connectivity index (χ3n) is 3.28. The van der Waals surface area contributed by atoms with Crippen molar-refractivity contribution in [2.45, 2.75) is 25.1 Å². The zero-order valence-corrected chi connectivity index (χ0v) is 11.1. The molecule has 1 atom stereocenters. The highest BCUT2D eigenvalue weighted by Gasteiger charge is 2.37. The van der Waals surface area contributed by atoms with E-state index in [0.29, 0.717) is 19.4 Å². The number of hydrogen-bond acceptors (Lipinski definition) is 5. The number of esters is 1. The van der Waals surface area contributed by atoms with Crippen molar-refractivity contribution in [3.8, 4) is 6.07 Å². The second-order valence-corrected chi connectivity index (χ2v) is 4.55. The summed E-state index contributed by atoms with van der Waals surface area (Å²) in [7, 11) is 1.21. The van der Waals surface area contributed by atoms with E-state index < -0.39 is 23.9 Å². The number of carbonyl (C=O) groups excluding carboxylic acids is 1. The minimum absolute atomic E-state index is 0.00111. The molecule has 1 aromatic heterocycles. The highest BCUT2D eigenvalue weighted by molar-refractivity contribution is 5.81. The lowest BCUT2D eigenvalue weighted by Gasteiger charge is -2.25. The lowest BCUT2D eigenvalue weighted by Crippen LogP contribution is -2.38. The summed E-state index contributed by atoms with van der Waals surface area (Å²) in [6.45, 7) is 0.350. The summed E-state index contributed by atoms with van der Waals surface area (Å²) in [6.07, 6.45) is -3.54. The molecule has 0 bridgehead atoms. The molecule has 1 aliphatic heterocycles. The van der Waals surface area contributed by atoms with E-state index in [-0.39, 0.29) is 11.4 Å². The number of halogens is 3. The monoisotopic (exact) mass is 299 g/mol. The van der Waals surface area contributed by atoms with Crippen molar-refractivity contribution in [1.82, 2.24) is 4.98 Å². The van der Waals surface area contributed by atoms with E-state index in [4.69, 9.17) is 5.26 Å². The van der Waals surface area contributed by atoms with Crippen LogP contribution >= 0.6 is 0 Å². The van der Waals surface area contributed by atoms with E-state index >= 15 is 0 Å². The Hall–Kier alpha value is -2.30. The number of alkyl halides is 3. The topological polar surface area (TPSA) is 66.2 Å². The van der Waals surface area contributed by atoms with Crippen LogP contribution in [0.15, 0.2) is 12.1 Å². The summed E-state index contributed by atoms with van der Waals surface area (Å²) < 4.78 is 42.9. The Morgan fingerprint density at radius 1 is 1.52 bits per heavy atom. The molecular formula is C13H12F3N3O2. The van der Waals surface area contributed by atoms with Gasteiger partial charge in [0.05, 0.1) is 12.7 Å². The Balaban J connectivity index is 2.46. The fraction of sp³-hybridized carbons (Fsp3) is 0.462. The van der Waals surface area contributed by atoms with Crippen LogP contribution in [0.25, 0.3) is 0 Å². The molecule has 5 nitrogen and oxygen atoms in total. The van der Waals surface area contributed by atoms with Crippen LogP contribution in [0.1, 0.15) is 24.1 Å². The third-order valence-corrected chi connectivity index (χ3v) is 3.28. The molecule has 0 aromatic carbocycles. The van der Waals surface area contributed by atoms with Crippen molar-refractivity contribution in [2.24, 2.45) is 0 Å². The largest absolute Gasteiger partial charge is 0.467 e. The number of ether oxygens (including phenoxy) is 1. The highest BCUT2D eigenvalue weighted by Crippen LogP contribution is 2.33.